The summed E-state index contributed by atoms with van der Waals surface area (Å²) < 4.78 is 5.24. The predicted molar refractivity (Wildman–Crippen MR) is 41.7 cm³/mol. The van der Waals surface area contributed by atoms with Crippen molar-refractivity contribution in [3.05, 3.63) is 11.6 Å². The van der Waals surface area contributed by atoms with Crippen molar-refractivity contribution >= 4 is 0 Å². The molecule has 0 aromatic rings. The van der Waals surface area contributed by atoms with E-state index in [1.807, 2.05) is 0 Å². The highest BCUT2D eigenvalue weighted by Gasteiger charge is 2.16. The zero-order valence-corrected chi connectivity index (χ0v) is 6.47. The average Bonchev–Trinajstić information content (AvgIpc) is 2.38. The van der Waals surface area contributed by atoms with Crippen LogP contribution in [-0.4, -0.2) is 19.8 Å². The molecular weight excluding hydrogens is 126 g/mol. The van der Waals surface area contributed by atoms with Crippen LogP contribution < -0.4 is 5.73 Å². The first-order chi connectivity index (χ1) is 4.84. The molecule has 0 radical (unpaired) electrons. The lowest BCUT2D eigenvalue weighted by Gasteiger charge is -2.06. The molecule has 1 aliphatic rings. The van der Waals surface area contributed by atoms with Gasteiger partial charge in [-0.15, -0.1) is 0 Å². The fraction of sp³-hybridized carbons (Fsp3) is 0.750. The smallest absolute Gasteiger partial charge is 0.0532 e. The number of ether oxygens (including phenoxy) is 1. The van der Waals surface area contributed by atoms with Crippen molar-refractivity contribution in [2.24, 2.45) is 11.7 Å². The monoisotopic (exact) mass is 141 g/mol. The minimum Gasteiger partial charge on any atom is -0.381 e. The highest BCUT2D eigenvalue weighted by molar-refractivity contribution is 5.05. The molecule has 0 spiro atoms. The van der Waals surface area contributed by atoms with Gasteiger partial charge in [-0.3, -0.25) is 0 Å². The summed E-state index contributed by atoms with van der Waals surface area (Å²) in [6, 6.07) is 0. The van der Waals surface area contributed by atoms with Gasteiger partial charge < -0.3 is 10.5 Å². The lowest BCUT2D eigenvalue weighted by atomic mass is 10.00. The fourth-order valence-corrected chi connectivity index (χ4v) is 1.25. The van der Waals surface area contributed by atoms with E-state index >= 15 is 0 Å². The summed E-state index contributed by atoms with van der Waals surface area (Å²) in [5.41, 5.74) is 6.77. The Morgan fingerprint density at radius 2 is 2.60 bits per heavy atom. The Balaban J connectivity index is 2.39. The molecule has 1 aliphatic heterocycles. The maximum absolute atomic E-state index is 5.38. The Hall–Kier alpha value is -0.340. The van der Waals surface area contributed by atoms with Crippen molar-refractivity contribution in [3.63, 3.8) is 0 Å². The van der Waals surface area contributed by atoms with Gasteiger partial charge in [-0.25, -0.2) is 0 Å². The molecule has 2 heteroatoms. The van der Waals surface area contributed by atoms with E-state index < -0.39 is 0 Å². The zero-order chi connectivity index (χ0) is 7.40. The molecule has 10 heavy (non-hydrogen) atoms. The quantitative estimate of drug-likeness (QED) is 0.580. The SMILES string of the molecule is CC(=CCN)C1CCOC1. The van der Waals surface area contributed by atoms with Gasteiger partial charge in [0, 0.05) is 19.1 Å². The van der Waals surface area contributed by atoms with E-state index in [0.717, 1.165) is 13.2 Å². The van der Waals surface area contributed by atoms with Crippen LogP contribution >= 0.6 is 0 Å². The molecule has 2 N–H and O–H groups in total. The second-order valence-corrected chi connectivity index (χ2v) is 2.74. The molecule has 0 saturated carbocycles. The van der Waals surface area contributed by atoms with Gasteiger partial charge in [0.15, 0.2) is 0 Å². The van der Waals surface area contributed by atoms with Crippen LogP contribution in [0.3, 0.4) is 0 Å². The number of hydrogen-bond acceptors (Lipinski definition) is 2. The van der Waals surface area contributed by atoms with Crippen molar-refractivity contribution in [3.8, 4) is 0 Å². The molecule has 2 nitrogen and oxygen atoms in total. The minimum atomic E-state index is 0.642. The van der Waals surface area contributed by atoms with Crippen LogP contribution in [0.25, 0.3) is 0 Å². The molecule has 1 heterocycles. The first kappa shape index (κ1) is 7.76. The topological polar surface area (TPSA) is 35.2 Å². The molecule has 58 valence electrons. The average molecular weight is 141 g/mol. The van der Waals surface area contributed by atoms with Crippen LogP contribution in [0.5, 0.6) is 0 Å². The maximum atomic E-state index is 5.38. The first-order valence-corrected chi connectivity index (χ1v) is 3.79. The van der Waals surface area contributed by atoms with E-state index in [4.69, 9.17) is 10.5 Å². The third kappa shape index (κ3) is 1.82. The lowest BCUT2D eigenvalue weighted by molar-refractivity contribution is 0.190. The number of nitrogens with two attached hydrogens (primary N) is 1. The summed E-state index contributed by atoms with van der Waals surface area (Å²) in [5.74, 6) is 0.642. The van der Waals surface area contributed by atoms with Gasteiger partial charge in [0.05, 0.1) is 6.61 Å². The van der Waals surface area contributed by atoms with Gasteiger partial charge in [-0.2, -0.15) is 0 Å². The third-order valence-electron chi connectivity index (χ3n) is 2.01. The fourth-order valence-electron chi connectivity index (χ4n) is 1.25. The summed E-state index contributed by atoms with van der Waals surface area (Å²) >= 11 is 0. The van der Waals surface area contributed by atoms with Gasteiger partial charge >= 0.3 is 0 Å². The molecule has 1 saturated heterocycles. The van der Waals surface area contributed by atoms with Gasteiger partial charge in [0.25, 0.3) is 0 Å². The van der Waals surface area contributed by atoms with Gasteiger partial charge in [0.2, 0.25) is 0 Å². The summed E-state index contributed by atoms with van der Waals surface area (Å²) in [6.45, 7) is 4.59. The van der Waals surface area contributed by atoms with Crippen LogP contribution in [-0.2, 0) is 4.74 Å². The highest BCUT2D eigenvalue weighted by Crippen LogP contribution is 2.20. The second kappa shape index (κ2) is 3.74. The minimum absolute atomic E-state index is 0.642. The Bertz CT molecular complexity index is 125. The predicted octanol–water partition coefficient (Wildman–Crippen LogP) is 0.928. The largest absolute Gasteiger partial charge is 0.381 e. The molecule has 0 aromatic carbocycles. The molecule has 0 bridgehead atoms. The van der Waals surface area contributed by atoms with Crippen LogP contribution in [0.2, 0.25) is 0 Å². The van der Waals surface area contributed by atoms with Crippen molar-refractivity contribution < 1.29 is 4.74 Å². The molecule has 1 rings (SSSR count). The van der Waals surface area contributed by atoms with Crippen LogP contribution in [0.1, 0.15) is 13.3 Å². The van der Waals surface area contributed by atoms with E-state index in [0.29, 0.717) is 12.5 Å². The first-order valence-electron chi connectivity index (χ1n) is 3.79. The second-order valence-electron chi connectivity index (χ2n) is 2.74. The zero-order valence-electron chi connectivity index (χ0n) is 6.47. The van der Waals surface area contributed by atoms with E-state index in [-0.39, 0.29) is 0 Å². The molecule has 0 aromatic heterocycles. The summed E-state index contributed by atoms with van der Waals surface area (Å²) in [5, 5.41) is 0. The summed E-state index contributed by atoms with van der Waals surface area (Å²) in [7, 11) is 0. The van der Waals surface area contributed by atoms with Gasteiger partial charge in [-0.1, -0.05) is 11.6 Å². The number of rotatable bonds is 2. The molecule has 1 fully saturated rings. The molecule has 1 atom stereocenters. The van der Waals surface area contributed by atoms with Crippen LogP contribution in [0, 0.1) is 5.92 Å². The van der Waals surface area contributed by atoms with E-state index in [9.17, 15) is 0 Å². The van der Waals surface area contributed by atoms with Crippen molar-refractivity contribution in [2.45, 2.75) is 13.3 Å². The number of hydrogen-bond donors (Lipinski definition) is 1. The Morgan fingerprint density at radius 3 is 3.10 bits per heavy atom. The molecule has 0 aliphatic carbocycles. The third-order valence-corrected chi connectivity index (χ3v) is 2.01. The highest BCUT2D eigenvalue weighted by atomic mass is 16.5. The van der Waals surface area contributed by atoms with Crippen molar-refractivity contribution in [2.75, 3.05) is 19.8 Å². The van der Waals surface area contributed by atoms with E-state index in [1.165, 1.54) is 12.0 Å². The Kier molecular flexibility index (Phi) is 2.90. The van der Waals surface area contributed by atoms with Crippen LogP contribution in [0.4, 0.5) is 0 Å². The van der Waals surface area contributed by atoms with Crippen LogP contribution in [0.15, 0.2) is 11.6 Å². The molecular formula is C8H15NO. The van der Waals surface area contributed by atoms with Crippen molar-refractivity contribution in [1.29, 1.82) is 0 Å². The maximum Gasteiger partial charge on any atom is 0.0532 e. The van der Waals surface area contributed by atoms with Crippen molar-refractivity contribution in [1.82, 2.24) is 0 Å². The van der Waals surface area contributed by atoms with E-state index in [1.54, 1.807) is 0 Å². The normalized spacial score (nSPS) is 27.4. The summed E-state index contributed by atoms with van der Waals surface area (Å²) in [4.78, 5) is 0. The lowest BCUT2D eigenvalue weighted by Crippen LogP contribution is -2.03. The van der Waals surface area contributed by atoms with Gasteiger partial charge in [-0.05, 0) is 13.3 Å². The standard InChI is InChI=1S/C8H15NO/c1-7(2-4-9)8-3-5-10-6-8/h2,8H,3-6,9H2,1H3. The molecule has 1 unspecified atom stereocenters. The summed E-state index contributed by atoms with van der Waals surface area (Å²) in [6.07, 6.45) is 3.25. The Labute approximate surface area is 62.1 Å². The Morgan fingerprint density at radius 1 is 1.80 bits per heavy atom. The van der Waals surface area contributed by atoms with E-state index in [2.05, 4.69) is 13.0 Å². The molecule has 0 amide bonds. The van der Waals surface area contributed by atoms with Gasteiger partial charge in [0.1, 0.15) is 0 Å².